The second-order valence-corrected chi connectivity index (χ2v) is 9.39. The number of anilines is 1. The Bertz CT molecular complexity index is 1450. The second kappa shape index (κ2) is 7.41. The third-order valence-corrected chi connectivity index (χ3v) is 7.52. The molecule has 3 aromatic rings. The number of aryl methyl sites for hydroxylation is 1. The standard InChI is InChI=1S/C27H17ClFNO5/c1-13-9-10-16(12-19(13)28)30-25(33)20-21(26(30)34)27(35-22(20)14-5-4-6-15(29)11-14)23(31)17-7-2-3-8-18(17)24(27)32/h2-12,20-22H,1H3/t20-,21-,22-/m0/s1. The quantitative estimate of drug-likeness (QED) is 0.391. The van der Waals surface area contributed by atoms with Gasteiger partial charge in [-0.05, 0) is 42.3 Å². The number of benzene rings is 3. The first-order valence-corrected chi connectivity index (χ1v) is 11.4. The summed E-state index contributed by atoms with van der Waals surface area (Å²) in [6.07, 6.45) is -1.18. The molecular formula is C27H17ClFNO5. The first kappa shape index (κ1) is 21.8. The summed E-state index contributed by atoms with van der Waals surface area (Å²) in [5.74, 6) is -5.89. The summed E-state index contributed by atoms with van der Waals surface area (Å²) < 4.78 is 20.3. The predicted molar refractivity (Wildman–Crippen MR) is 124 cm³/mol. The van der Waals surface area contributed by atoms with E-state index in [4.69, 9.17) is 16.3 Å². The van der Waals surface area contributed by atoms with Gasteiger partial charge in [-0.1, -0.05) is 54.1 Å². The number of amides is 2. The van der Waals surface area contributed by atoms with Crippen LogP contribution in [0.2, 0.25) is 5.02 Å². The molecule has 8 heteroatoms. The van der Waals surface area contributed by atoms with Crippen LogP contribution in [0.15, 0.2) is 66.7 Å². The van der Waals surface area contributed by atoms with E-state index in [0.717, 1.165) is 10.5 Å². The van der Waals surface area contributed by atoms with Crippen molar-refractivity contribution < 1.29 is 28.3 Å². The molecule has 2 saturated heterocycles. The van der Waals surface area contributed by atoms with Gasteiger partial charge >= 0.3 is 0 Å². The van der Waals surface area contributed by atoms with Gasteiger partial charge in [-0.3, -0.25) is 19.2 Å². The lowest BCUT2D eigenvalue weighted by Crippen LogP contribution is -2.51. The van der Waals surface area contributed by atoms with Gasteiger partial charge in [0, 0.05) is 16.1 Å². The van der Waals surface area contributed by atoms with Gasteiger partial charge in [-0.15, -0.1) is 0 Å². The Morgan fingerprint density at radius 3 is 2.20 bits per heavy atom. The van der Waals surface area contributed by atoms with Gasteiger partial charge in [0.15, 0.2) is 0 Å². The van der Waals surface area contributed by atoms with E-state index in [2.05, 4.69) is 0 Å². The molecule has 3 aromatic carbocycles. The van der Waals surface area contributed by atoms with E-state index in [0.29, 0.717) is 5.02 Å². The van der Waals surface area contributed by atoms with Gasteiger partial charge in [-0.25, -0.2) is 9.29 Å². The van der Waals surface area contributed by atoms with Gasteiger partial charge in [0.1, 0.15) is 5.82 Å². The second-order valence-electron chi connectivity index (χ2n) is 8.98. The lowest BCUT2D eigenvalue weighted by Gasteiger charge is -2.27. The number of nitrogens with zero attached hydrogens (tertiary/aromatic N) is 1. The van der Waals surface area contributed by atoms with Gasteiger partial charge in [-0.2, -0.15) is 0 Å². The zero-order chi connectivity index (χ0) is 24.6. The summed E-state index contributed by atoms with van der Waals surface area (Å²) in [6.45, 7) is 1.78. The summed E-state index contributed by atoms with van der Waals surface area (Å²) in [4.78, 5) is 55.9. The highest BCUT2D eigenvalue weighted by atomic mass is 35.5. The Hall–Kier alpha value is -3.68. The van der Waals surface area contributed by atoms with E-state index in [9.17, 15) is 23.6 Å². The van der Waals surface area contributed by atoms with Crippen molar-refractivity contribution in [1.29, 1.82) is 0 Å². The molecule has 0 N–H and O–H groups in total. The van der Waals surface area contributed by atoms with E-state index in [-0.39, 0.29) is 22.4 Å². The smallest absolute Gasteiger partial charge is 0.241 e. The Kier molecular flexibility index (Phi) is 4.62. The number of imide groups is 1. The van der Waals surface area contributed by atoms with Crippen molar-refractivity contribution in [2.45, 2.75) is 18.6 Å². The molecule has 1 aliphatic carbocycles. The van der Waals surface area contributed by atoms with Crippen molar-refractivity contribution in [2.75, 3.05) is 4.90 Å². The molecule has 35 heavy (non-hydrogen) atoms. The fourth-order valence-corrected chi connectivity index (χ4v) is 5.65. The predicted octanol–water partition coefficient (Wildman–Crippen LogP) is 4.48. The molecule has 2 aliphatic heterocycles. The zero-order valence-electron chi connectivity index (χ0n) is 18.3. The lowest BCUT2D eigenvalue weighted by atomic mass is 9.77. The molecule has 0 saturated carbocycles. The number of hydrogen-bond donors (Lipinski definition) is 0. The molecule has 0 radical (unpaired) electrons. The first-order chi connectivity index (χ1) is 16.8. The van der Waals surface area contributed by atoms with Crippen molar-refractivity contribution in [2.24, 2.45) is 11.8 Å². The Balaban J connectivity index is 1.55. The van der Waals surface area contributed by atoms with Crippen LogP contribution in [0.4, 0.5) is 10.1 Å². The number of halogens is 2. The highest BCUT2D eigenvalue weighted by Gasteiger charge is 2.74. The van der Waals surface area contributed by atoms with Gasteiger partial charge < -0.3 is 4.74 Å². The maximum absolute atomic E-state index is 14.1. The highest BCUT2D eigenvalue weighted by Crippen LogP contribution is 2.57. The molecule has 1 spiro atoms. The molecule has 0 unspecified atom stereocenters. The Labute approximate surface area is 204 Å². The van der Waals surface area contributed by atoms with Crippen molar-refractivity contribution >= 4 is 40.7 Å². The van der Waals surface area contributed by atoms with Gasteiger partial charge in [0.25, 0.3) is 0 Å². The monoisotopic (exact) mass is 489 g/mol. The van der Waals surface area contributed by atoms with Crippen LogP contribution in [-0.2, 0) is 14.3 Å². The first-order valence-electron chi connectivity index (χ1n) is 11.0. The third-order valence-electron chi connectivity index (χ3n) is 7.11. The maximum atomic E-state index is 14.1. The molecule has 3 atom stereocenters. The summed E-state index contributed by atoms with van der Waals surface area (Å²) in [5, 5.41) is 0.355. The van der Waals surface area contributed by atoms with Gasteiger partial charge in [0.05, 0.1) is 23.6 Å². The van der Waals surface area contributed by atoms with Crippen LogP contribution in [0.3, 0.4) is 0 Å². The van der Waals surface area contributed by atoms with E-state index in [1.807, 2.05) is 0 Å². The molecule has 2 fully saturated rings. The fourth-order valence-electron chi connectivity index (χ4n) is 5.48. The number of ketones is 2. The van der Waals surface area contributed by atoms with E-state index < -0.39 is 52.7 Å². The average molecular weight is 490 g/mol. The fraction of sp³-hybridized carbons (Fsp3) is 0.185. The molecule has 2 heterocycles. The topological polar surface area (TPSA) is 80.8 Å². The normalized spacial score (nSPS) is 24.4. The summed E-state index contributed by atoms with van der Waals surface area (Å²) in [7, 11) is 0. The van der Waals surface area contributed by atoms with Crippen LogP contribution in [0.25, 0.3) is 0 Å². The van der Waals surface area contributed by atoms with Crippen LogP contribution in [0.5, 0.6) is 0 Å². The Morgan fingerprint density at radius 1 is 0.886 bits per heavy atom. The number of Topliss-reactive ketones (excluding diaryl/α,β-unsaturated/α-hetero) is 2. The molecule has 0 bridgehead atoms. The minimum Gasteiger partial charge on any atom is -0.349 e. The summed E-state index contributed by atoms with van der Waals surface area (Å²) in [5.41, 5.74) is -0.696. The molecule has 174 valence electrons. The number of carbonyl (C=O) groups excluding carboxylic acids is 4. The number of hydrogen-bond acceptors (Lipinski definition) is 5. The van der Waals surface area contributed by atoms with Crippen molar-refractivity contribution in [1.82, 2.24) is 0 Å². The van der Waals surface area contributed by atoms with E-state index in [1.54, 1.807) is 37.3 Å². The van der Waals surface area contributed by atoms with E-state index in [1.165, 1.54) is 36.4 Å². The maximum Gasteiger partial charge on any atom is 0.241 e. The number of fused-ring (bicyclic) bond motifs is 3. The molecule has 2 amide bonds. The molecular weight excluding hydrogens is 473 g/mol. The van der Waals surface area contributed by atoms with Crippen LogP contribution in [0.1, 0.15) is 37.9 Å². The largest absolute Gasteiger partial charge is 0.349 e. The Morgan fingerprint density at radius 2 is 1.57 bits per heavy atom. The van der Waals surface area contributed by atoms with Crippen LogP contribution >= 0.6 is 11.6 Å². The summed E-state index contributed by atoms with van der Waals surface area (Å²) >= 11 is 6.25. The highest BCUT2D eigenvalue weighted by molar-refractivity contribution is 6.37. The SMILES string of the molecule is Cc1ccc(N2C(=O)[C@H]3[C@@H](C2=O)C2(O[C@H]3c3cccc(F)c3)C(=O)c3ccccc3C2=O)cc1Cl. The molecule has 3 aliphatic rings. The average Bonchev–Trinajstić information content (AvgIpc) is 3.41. The zero-order valence-corrected chi connectivity index (χ0v) is 19.1. The summed E-state index contributed by atoms with van der Waals surface area (Å²) in [6, 6.07) is 16.4. The lowest BCUT2D eigenvalue weighted by molar-refractivity contribution is -0.127. The molecule has 6 nitrogen and oxygen atoms in total. The third kappa shape index (κ3) is 2.79. The van der Waals surface area contributed by atoms with Crippen LogP contribution in [0, 0.1) is 24.6 Å². The minimum absolute atomic E-state index is 0.133. The van der Waals surface area contributed by atoms with E-state index >= 15 is 0 Å². The minimum atomic E-state index is -2.21. The van der Waals surface area contributed by atoms with Crippen LogP contribution in [-0.4, -0.2) is 29.0 Å². The number of carbonyl (C=O) groups is 4. The number of ether oxygens (including phenoxy) is 1. The van der Waals surface area contributed by atoms with Crippen molar-refractivity contribution in [3.8, 4) is 0 Å². The van der Waals surface area contributed by atoms with Gasteiger partial charge in [0.2, 0.25) is 29.0 Å². The van der Waals surface area contributed by atoms with Crippen molar-refractivity contribution in [3.05, 3.63) is 99.8 Å². The number of rotatable bonds is 2. The molecule has 6 rings (SSSR count). The molecule has 0 aromatic heterocycles. The van der Waals surface area contributed by atoms with Crippen LogP contribution < -0.4 is 4.90 Å². The van der Waals surface area contributed by atoms with Crippen molar-refractivity contribution in [3.63, 3.8) is 0 Å².